The van der Waals surface area contributed by atoms with Gasteiger partial charge in [0.1, 0.15) is 5.69 Å². The molecule has 0 saturated carbocycles. The van der Waals surface area contributed by atoms with E-state index in [0.29, 0.717) is 28.8 Å². The molecule has 0 N–H and O–H groups in total. The molecule has 0 spiro atoms. The Kier molecular flexibility index (Phi) is 5.87. The zero-order valence-electron chi connectivity index (χ0n) is 18.0. The van der Waals surface area contributed by atoms with Crippen molar-refractivity contribution in [1.82, 2.24) is 9.55 Å². The van der Waals surface area contributed by atoms with Crippen molar-refractivity contribution in [1.29, 1.82) is 0 Å². The highest BCUT2D eigenvalue weighted by Gasteiger charge is 2.16. The van der Waals surface area contributed by atoms with Crippen LogP contribution in [0.2, 0.25) is 0 Å². The van der Waals surface area contributed by atoms with Crippen LogP contribution in [0, 0.1) is 6.92 Å². The van der Waals surface area contributed by atoms with Crippen molar-refractivity contribution >= 4 is 22.8 Å². The van der Waals surface area contributed by atoms with E-state index >= 15 is 0 Å². The molecule has 0 amide bonds. The normalized spacial score (nSPS) is 11.5. The summed E-state index contributed by atoms with van der Waals surface area (Å²) in [6.45, 7) is 9.99. The molecular formula is C24H26N2O4. The minimum absolute atomic E-state index is 0.000698. The quantitative estimate of drug-likeness (QED) is 0.472. The number of aryl methyl sites for hydroxylation is 2. The van der Waals surface area contributed by atoms with Crippen LogP contribution in [0.5, 0.6) is 0 Å². The number of ether oxygens (including phenoxy) is 1. The number of Topliss-reactive ketones (excluding diaryl/α,β-unsaturated/α-hetero) is 1. The van der Waals surface area contributed by atoms with Gasteiger partial charge in [-0.05, 0) is 43.0 Å². The Hall–Kier alpha value is -3.28. The third kappa shape index (κ3) is 4.32. The Labute approximate surface area is 175 Å². The highest BCUT2D eigenvalue weighted by molar-refractivity contribution is 6.00. The maximum atomic E-state index is 12.4. The van der Waals surface area contributed by atoms with Gasteiger partial charge in [0, 0.05) is 12.1 Å². The predicted octanol–water partition coefficient (Wildman–Crippen LogP) is 4.06. The molecule has 0 aliphatic rings. The molecule has 156 valence electrons. The number of hydrogen-bond donors (Lipinski definition) is 0. The number of hydrogen-bond acceptors (Lipinski definition) is 5. The van der Waals surface area contributed by atoms with Crippen LogP contribution in [0.25, 0.3) is 11.0 Å². The highest BCUT2D eigenvalue weighted by atomic mass is 16.5. The Morgan fingerprint density at radius 2 is 1.67 bits per heavy atom. The van der Waals surface area contributed by atoms with Crippen molar-refractivity contribution in [2.45, 2.75) is 46.6 Å². The maximum Gasteiger partial charge on any atom is 0.338 e. The van der Waals surface area contributed by atoms with Crippen LogP contribution in [-0.2, 0) is 16.7 Å². The molecule has 0 bridgehead atoms. The van der Waals surface area contributed by atoms with Gasteiger partial charge in [-0.25, -0.2) is 9.78 Å². The average molecular weight is 406 g/mol. The summed E-state index contributed by atoms with van der Waals surface area (Å²) in [4.78, 5) is 41.3. The van der Waals surface area contributed by atoms with E-state index in [2.05, 4.69) is 25.8 Å². The summed E-state index contributed by atoms with van der Waals surface area (Å²) in [5.41, 5.74) is 3.31. The van der Waals surface area contributed by atoms with Crippen LogP contribution in [0.15, 0.2) is 47.3 Å². The summed E-state index contributed by atoms with van der Waals surface area (Å²) in [6, 6.07) is 12.2. The Bertz CT molecular complexity index is 1170. The van der Waals surface area contributed by atoms with Crippen LogP contribution in [-0.4, -0.2) is 27.9 Å². The van der Waals surface area contributed by atoms with Crippen LogP contribution in [0.3, 0.4) is 0 Å². The van der Waals surface area contributed by atoms with Crippen LogP contribution in [0.1, 0.15) is 59.7 Å². The number of rotatable bonds is 5. The van der Waals surface area contributed by atoms with Crippen LogP contribution in [0.4, 0.5) is 0 Å². The van der Waals surface area contributed by atoms with Gasteiger partial charge in [0.25, 0.3) is 5.56 Å². The summed E-state index contributed by atoms with van der Waals surface area (Å²) in [5, 5.41) is 0. The van der Waals surface area contributed by atoms with Gasteiger partial charge < -0.3 is 9.30 Å². The largest absolute Gasteiger partial charge is 0.454 e. The second kappa shape index (κ2) is 8.22. The molecule has 2 aromatic carbocycles. The molecule has 0 saturated heterocycles. The monoisotopic (exact) mass is 406 g/mol. The van der Waals surface area contributed by atoms with Gasteiger partial charge >= 0.3 is 5.97 Å². The topological polar surface area (TPSA) is 78.3 Å². The van der Waals surface area contributed by atoms with E-state index in [1.807, 2.05) is 19.1 Å². The third-order valence-corrected chi connectivity index (χ3v) is 5.07. The van der Waals surface area contributed by atoms with Gasteiger partial charge in [-0.2, -0.15) is 0 Å². The molecule has 0 fully saturated rings. The van der Waals surface area contributed by atoms with Crippen molar-refractivity contribution in [3.05, 3.63) is 75.2 Å². The first-order chi connectivity index (χ1) is 14.1. The Balaban J connectivity index is 1.74. The molecule has 1 heterocycles. The Morgan fingerprint density at radius 1 is 1.03 bits per heavy atom. The van der Waals surface area contributed by atoms with Crippen molar-refractivity contribution in [2.24, 2.45) is 0 Å². The molecule has 0 aliphatic heterocycles. The molecule has 3 rings (SSSR count). The van der Waals surface area contributed by atoms with E-state index in [1.54, 1.807) is 41.8 Å². The molecule has 6 nitrogen and oxygen atoms in total. The van der Waals surface area contributed by atoms with Crippen molar-refractivity contribution < 1.29 is 14.3 Å². The minimum Gasteiger partial charge on any atom is -0.454 e. The molecule has 30 heavy (non-hydrogen) atoms. The molecule has 0 unspecified atom stereocenters. The highest BCUT2D eigenvalue weighted by Crippen LogP contribution is 2.22. The fourth-order valence-corrected chi connectivity index (χ4v) is 3.27. The first-order valence-electron chi connectivity index (χ1n) is 9.94. The van der Waals surface area contributed by atoms with Gasteiger partial charge in [0.05, 0.1) is 16.6 Å². The fraction of sp³-hybridized carbons (Fsp3) is 0.333. The van der Waals surface area contributed by atoms with Crippen molar-refractivity contribution in [2.75, 3.05) is 6.61 Å². The lowest BCUT2D eigenvalue weighted by molar-refractivity contribution is 0.0475. The Morgan fingerprint density at radius 3 is 2.27 bits per heavy atom. The number of ketones is 1. The van der Waals surface area contributed by atoms with E-state index in [4.69, 9.17) is 4.74 Å². The summed E-state index contributed by atoms with van der Waals surface area (Å²) >= 11 is 0. The molecule has 6 heteroatoms. The van der Waals surface area contributed by atoms with E-state index in [-0.39, 0.29) is 28.9 Å². The minimum atomic E-state index is -0.606. The lowest BCUT2D eigenvalue weighted by atomic mass is 9.86. The van der Waals surface area contributed by atoms with Gasteiger partial charge in [0.15, 0.2) is 12.4 Å². The number of aromatic nitrogens is 2. The van der Waals surface area contributed by atoms with Crippen molar-refractivity contribution in [3.63, 3.8) is 0 Å². The van der Waals surface area contributed by atoms with Crippen LogP contribution < -0.4 is 5.56 Å². The molecule has 1 aromatic heterocycles. The maximum absolute atomic E-state index is 12.4. The number of esters is 1. The molecule has 0 atom stereocenters. The number of benzene rings is 2. The lowest BCUT2D eigenvalue weighted by Crippen LogP contribution is -2.23. The van der Waals surface area contributed by atoms with E-state index < -0.39 is 5.97 Å². The zero-order chi connectivity index (χ0) is 22.1. The summed E-state index contributed by atoms with van der Waals surface area (Å²) in [6.07, 6.45) is 0. The lowest BCUT2D eigenvalue weighted by Gasteiger charge is -2.18. The molecule has 0 aliphatic carbocycles. The van der Waals surface area contributed by atoms with Gasteiger partial charge in [0.2, 0.25) is 0 Å². The second-order valence-corrected chi connectivity index (χ2v) is 8.28. The first-order valence-corrected chi connectivity index (χ1v) is 9.94. The first kappa shape index (κ1) is 21.4. The molecular weight excluding hydrogens is 380 g/mol. The fourth-order valence-electron chi connectivity index (χ4n) is 3.27. The predicted molar refractivity (Wildman–Crippen MR) is 116 cm³/mol. The number of carbonyl (C=O) groups is 2. The standard InChI is InChI=1S/C24H26N2O4/c1-6-26-20-12-9-17(13-19(20)25-15(2)22(26)28)23(29)30-14-21(27)16-7-10-18(11-8-16)24(3,4)5/h7-13H,6,14H2,1-5H3. The van der Waals surface area contributed by atoms with E-state index in [0.717, 1.165) is 5.56 Å². The van der Waals surface area contributed by atoms with E-state index in [1.165, 1.54) is 0 Å². The van der Waals surface area contributed by atoms with Gasteiger partial charge in [-0.15, -0.1) is 0 Å². The number of nitrogens with zero attached hydrogens (tertiary/aromatic N) is 2. The summed E-state index contributed by atoms with van der Waals surface area (Å²) < 4.78 is 6.83. The second-order valence-electron chi connectivity index (χ2n) is 8.28. The van der Waals surface area contributed by atoms with Crippen LogP contribution >= 0.6 is 0 Å². The zero-order valence-corrected chi connectivity index (χ0v) is 18.0. The summed E-state index contributed by atoms with van der Waals surface area (Å²) in [5.74, 6) is -0.872. The number of carbonyl (C=O) groups excluding carboxylic acids is 2. The SMILES string of the molecule is CCn1c(=O)c(C)nc2cc(C(=O)OCC(=O)c3ccc(C(C)(C)C)cc3)ccc21. The van der Waals surface area contributed by atoms with E-state index in [9.17, 15) is 14.4 Å². The number of fused-ring (bicyclic) bond motifs is 1. The molecule has 3 aromatic rings. The van der Waals surface area contributed by atoms with Gasteiger partial charge in [-0.3, -0.25) is 9.59 Å². The smallest absolute Gasteiger partial charge is 0.338 e. The third-order valence-electron chi connectivity index (χ3n) is 5.07. The van der Waals surface area contributed by atoms with Gasteiger partial charge in [-0.1, -0.05) is 45.0 Å². The average Bonchev–Trinajstić information content (AvgIpc) is 2.72. The summed E-state index contributed by atoms with van der Waals surface area (Å²) in [7, 11) is 0. The van der Waals surface area contributed by atoms with Crippen molar-refractivity contribution in [3.8, 4) is 0 Å². The molecule has 0 radical (unpaired) electrons.